The van der Waals surface area contributed by atoms with Gasteiger partial charge in [0, 0.05) is 12.8 Å². The minimum absolute atomic E-state index is 0.253. The Morgan fingerprint density at radius 1 is 1.10 bits per heavy atom. The van der Waals surface area contributed by atoms with Gasteiger partial charge in [-0.2, -0.15) is 0 Å². The lowest BCUT2D eigenvalue weighted by Crippen LogP contribution is -2.06. The number of ether oxygens (including phenoxy) is 1. The molecule has 0 bridgehead atoms. The summed E-state index contributed by atoms with van der Waals surface area (Å²) < 4.78 is 28.8. The minimum Gasteiger partial charge on any atom is -0.457 e. The second-order valence-corrected chi connectivity index (χ2v) is 6.98. The van der Waals surface area contributed by atoms with E-state index in [1.54, 1.807) is 18.2 Å². The molecule has 0 radical (unpaired) electrons. The van der Waals surface area contributed by atoms with Crippen LogP contribution in [0.1, 0.15) is 11.1 Å². The molecule has 0 unspecified atom stereocenters. The van der Waals surface area contributed by atoms with E-state index in [0.29, 0.717) is 11.5 Å². The minimum atomic E-state index is -3.23. The Hall–Kier alpha value is -1.85. The Morgan fingerprint density at radius 2 is 1.81 bits per heavy atom. The molecule has 5 heteroatoms. The Balaban J connectivity index is 2.24. The summed E-state index contributed by atoms with van der Waals surface area (Å²) in [5.74, 6) is 1.21. The first-order valence-corrected chi connectivity index (χ1v) is 8.51. The molecule has 0 saturated carbocycles. The lowest BCUT2D eigenvalue weighted by Gasteiger charge is -2.10. The number of nitrogens with one attached hydrogen (secondary N) is 1. The number of benzene rings is 2. The molecule has 0 heterocycles. The summed E-state index contributed by atoms with van der Waals surface area (Å²) >= 11 is 0. The van der Waals surface area contributed by atoms with Gasteiger partial charge < -0.3 is 10.1 Å². The van der Waals surface area contributed by atoms with Crippen LogP contribution in [0.2, 0.25) is 0 Å². The maximum absolute atomic E-state index is 11.5. The van der Waals surface area contributed by atoms with E-state index in [9.17, 15) is 8.42 Å². The van der Waals surface area contributed by atoms with E-state index in [-0.39, 0.29) is 4.90 Å². The fourth-order valence-corrected chi connectivity index (χ4v) is 2.68. The van der Waals surface area contributed by atoms with Gasteiger partial charge in [0.05, 0.1) is 4.90 Å². The zero-order valence-electron chi connectivity index (χ0n) is 12.4. The first kappa shape index (κ1) is 15.5. The van der Waals surface area contributed by atoms with E-state index < -0.39 is 9.84 Å². The van der Waals surface area contributed by atoms with Crippen LogP contribution in [0.5, 0.6) is 11.5 Å². The molecule has 4 nitrogen and oxygen atoms in total. The SMILES string of the molecule is CNCc1ccc(Oc2cccc(S(C)(=O)=O)c2)cc1C. The lowest BCUT2D eigenvalue weighted by atomic mass is 10.1. The third-order valence-electron chi connectivity index (χ3n) is 3.15. The molecule has 0 spiro atoms. The molecule has 0 aliphatic rings. The maximum Gasteiger partial charge on any atom is 0.175 e. The van der Waals surface area contributed by atoms with Crippen LogP contribution in [-0.2, 0) is 16.4 Å². The second kappa shape index (κ2) is 6.28. The van der Waals surface area contributed by atoms with Crippen LogP contribution in [0.15, 0.2) is 47.4 Å². The maximum atomic E-state index is 11.5. The Labute approximate surface area is 125 Å². The van der Waals surface area contributed by atoms with Crippen molar-refractivity contribution in [3.63, 3.8) is 0 Å². The summed E-state index contributed by atoms with van der Waals surface area (Å²) in [6.07, 6.45) is 1.18. The summed E-state index contributed by atoms with van der Waals surface area (Å²) in [5.41, 5.74) is 2.33. The summed E-state index contributed by atoms with van der Waals surface area (Å²) in [6, 6.07) is 12.3. The van der Waals surface area contributed by atoms with Crippen LogP contribution in [0.4, 0.5) is 0 Å². The Bertz CT molecular complexity index is 739. The quantitative estimate of drug-likeness (QED) is 0.923. The number of hydrogen-bond acceptors (Lipinski definition) is 4. The molecule has 2 aromatic rings. The predicted molar refractivity (Wildman–Crippen MR) is 83.6 cm³/mol. The standard InChI is InChI=1S/C16H19NO3S/c1-12-9-15(8-7-13(12)11-17-2)20-14-5-4-6-16(10-14)21(3,18)19/h4-10,17H,11H2,1-3H3. The van der Waals surface area contributed by atoms with Crippen LogP contribution in [0, 0.1) is 6.92 Å². The van der Waals surface area contributed by atoms with Crippen LogP contribution >= 0.6 is 0 Å². The van der Waals surface area contributed by atoms with Crippen LogP contribution in [0.3, 0.4) is 0 Å². The van der Waals surface area contributed by atoms with Gasteiger partial charge in [0.2, 0.25) is 0 Å². The molecule has 0 aromatic heterocycles. The second-order valence-electron chi connectivity index (χ2n) is 4.97. The van der Waals surface area contributed by atoms with Crippen LogP contribution in [-0.4, -0.2) is 21.7 Å². The van der Waals surface area contributed by atoms with E-state index in [4.69, 9.17) is 4.74 Å². The third-order valence-corrected chi connectivity index (χ3v) is 4.26. The van der Waals surface area contributed by atoms with Gasteiger partial charge in [0.25, 0.3) is 0 Å². The fourth-order valence-electron chi connectivity index (χ4n) is 2.03. The molecule has 0 aliphatic heterocycles. The molecular weight excluding hydrogens is 286 g/mol. The van der Waals surface area contributed by atoms with Crippen molar-refractivity contribution in [1.82, 2.24) is 5.32 Å². The van der Waals surface area contributed by atoms with Crippen molar-refractivity contribution >= 4 is 9.84 Å². The van der Waals surface area contributed by atoms with Crippen molar-refractivity contribution < 1.29 is 13.2 Å². The third kappa shape index (κ3) is 4.06. The predicted octanol–water partition coefficient (Wildman–Crippen LogP) is 2.91. The molecular formula is C16H19NO3S. The summed E-state index contributed by atoms with van der Waals surface area (Å²) in [6.45, 7) is 2.82. The Morgan fingerprint density at radius 3 is 2.43 bits per heavy atom. The summed E-state index contributed by atoms with van der Waals surface area (Å²) in [7, 11) is -1.32. The number of rotatable bonds is 5. The number of sulfone groups is 1. The van der Waals surface area contributed by atoms with Gasteiger partial charge in [-0.25, -0.2) is 8.42 Å². The van der Waals surface area contributed by atoms with E-state index in [0.717, 1.165) is 12.1 Å². The van der Waals surface area contributed by atoms with Gasteiger partial charge in [-0.1, -0.05) is 12.1 Å². The molecule has 1 N–H and O–H groups in total. The Kier molecular flexibility index (Phi) is 4.65. The molecule has 0 amide bonds. The molecule has 112 valence electrons. The first-order chi connectivity index (χ1) is 9.90. The average Bonchev–Trinajstić information content (AvgIpc) is 2.41. The highest BCUT2D eigenvalue weighted by Gasteiger charge is 2.08. The topological polar surface area (TPSA) is 55.4 Å². The number of aryl methyl sites for hydroxylation is 1. The average molecular weight is 305 g/mol. The largest absolute Gasteiger partial charge is 0.457 e. The molecule has 0 fully saturated rings. The van der Waals surface area contributed by atoms with Gasteiger partial charge in [-0.05, 0) is 55.4 Å². The highest BCUT2D eigenvalue weighted by atomic mass is 32.2. The highest BCUT2D eigenvalue weighted by Crippen LogP contribution is 2.25. The van der Waals surface area contributed by atoms with Crippen molar-refractivity contribution in [3.05, 3.63) is 53.6 Å². The van der Waals surface area contributed by atoms with Crippen molar-refractivity contribution in [2.45, 2.75) is 18.4 Å². The first-order valence-electron chi connectivity index (χ1n) is 6.62. The van der Waals surface area contributed by atoms with Gasteiger partial charge in [-0.3, -0.25) is 0 Å². The summed E-state index contributed by atoms with van der Waals surface area (Å²) in [5, 5.41) is 3.11. The van der Waals surface area contributed by atoms with Gasteiger partial charge in [0.15, 0.2) is 9.84 Å². The number of hydrogen-bond donors (Lipinski definition) is 1. The smallest absolute Gasteiger partial charge is 0.175 e. The van der Waals surface area contributed by atoms with E-state index >= 15 is 0 Å². The molecule has 0 saturated heterocycles. The van der Waals surface area contributed by atoms with E-state index in [2.05, 4.69) is 5.32 Å². The normalized spacial score (nSPS) is 11.4. The van der Waals surface area contributed by atoms with E-state index in [1.807, 2.05) is 32.2 Å². The zero-order chi connectivity index (χ0) is 15.5. The highest BCUT2D eigenvalue weighted by molar-refractivity contribution is 7.90. The summed E-state index contributed by atoms with van der Waals surface area (Å²) in [4.78, 5) is 0.253. The molecule has 21 heavy (non-hydrogen) atoms. The molecule has 2 rings (SSSR count). The van der Waals surface area contributed by atoms with E-state index in [1.165, 1.54) is 17.9 Å². The van der Waals surface area contributed by atoms with Gasteiger partial charge >= 0.3 is 0 Å². The van der Waals surface area contributed by atoms with Crippen molar-refractivity contribution in [2.75, 3.05) is 13.3 Å². The fraction of sp³-hybridized carbons (Fsp3) is 0.250. The van der Waals surface area contributed by atoms with Crippen LogP contribution < -0.4 is 10.1 Å². The lowest BCUT2D eigenvalue weighted by molar-refractivity contribution is 0.480. The van der Waals surface area contributed by atoms with Crippen molar-refractivity contribution in [1.29, 1.82) is 0 Å². The van der Waals surface area contributed by atoms with Crippen molar-refractivity contribution in [2.24, 2.45) is 0 Å². The monoisotopic (exact) mass is 305 g/mol. The van der Waals surface area contributed by atoms with Gasteiger partial charge in [0.1, 0.15) is 11.5 Å². The van der Waals surface area contributed by atoms with Gasteiger partial charge in [-0.15, -0.1) is 0 Å². The molecule has 0 atom stereocenters. The molecule has 2 aromatic carbocycles. The zero-order valence-corrected chi connectivity index (χ0v) is 13.2. The molecule has 0 aliphatic carbocycles. The van der Waals surface area contributed by atoms with Crippen LogP contribution in [0.25, 0.3) is 0 Å². The van der Waals surface area contributed by atoms with Crippen molar-refractivity contribution in [3.8, 4) is 11.5 Å².